The molecule has 0 bridgehead atoms. The highest BCUT2D eigenvalue weighted by Crippen LogP contribution is 2.35. The van der Waals surface area contributed by atoms with E-state index >= 15 is 0 Å². The van der Waals surface area contributed by atoms with Crippen LogP contribution in [0.3, 0.4) is 0 Å². The number of aromatic nitrogens is 5. The van der Waals surface area contributed by atoms with Gasteiger partial charge in [0.05, 0.1) is 29.8 Å². The van der Waals surface area contributed by atoms with Crippen LogP contribution in [-0.2, 0) is 7.05 Å². The molecule has 0 saturated carbocycles. The minimum absolute atomic E-state index is 0. The van der Waals surface area contributed by atoms with Gasteiger partial charge in [-0.1, -0.05) is 16.8 Å². The van der Waals surface area contributed by atoms with Crippen molar-refractivity contribution in [2.75, 3.05) is 10.6 Å². The van der Waals surface area contributed by atoms with Crippen molar-refractivity contribution in [3.63, 3.8) is 0 Å². The predicted molar refractivity (Wildman–Crippen MR) is 104 cm³/mol. The van der Waals surface area contributed by atoms with Crippen LogP contribution in [-0.4, -0.2) is 36.2 Å². The van der Waals surface area contributed by atoms with Crippen LogP contribution < -0.4 is 10.6 Å². The Bertz CT molecular complexity index is 997. The van der Waals surface area contributed by atoms with Gasteiger partial charge in [-0.25, -0.2) is 18.9 Å². The van der Waals surface area contributed by atoms with E-state index in [4.69, 9.17) is 17.3 Å². The first-order chi connectivity index (χ1) is 12.8. The molecule has 148 valence electrons. The molecule has 0 aliphatic rings. The molecule has 0 saturated heterocycles. The third-order valence-electron chi connectivity index (χ3n) is 3.93. The second-order valence-electron chi connectivity index (χ2n) is 5.72. The van der Waals surface area contributed by atoms with Crippen molar-refractivity contribution >= 4 is 41.6 Å². The number of hydrogen-bond donors (Lipinski definition) is 2. The normalized spacial score (nSPS) is 11.6. The van der Waals surface area contributed by atoms with Crippen molar-refractivity contribution in [2.24, 2.45) is 7.05 Å². The molecule has 0 aliphatic carbocycles. The van der Waals surface area contributed by atoms with Crippen molar-refractivity contribution in [1.82, 2.24) is 25.0 Å². The zero-order valence-electron chi connectivity index (χ0n) is 14.7. The van der Waals surface area contributed by atoms with Gasteiger partial charge in [0, 0.05) is 12.6 Å². The molecule has 3 aromatic rings. The van der Waals surface area contributed by atoms with Crippen LogP contribution in [0.5, 0.6) is 0 Å². The maximum Gasteiger partial charge on any atom is 0.413 e. The Hall–Kier alpha value is -2.98. The number of rotatable bonds is 4. The molecule has 3 N–H and O–H groups in total. The van der Waals surface area contributed by atoms with E-state index < -0.39 is 18.0 Å². The van der Waals surface area contributed by atoms with E-state index in [0.717, 1.165) is 17.2 Å². The topological polar surface area (TPSA) is 123 Å². The molecule has 3 aromatic heterocycles. The number of pyridine rings is 2. The fourth-order valence-electron chi connectivity index (χ4n) is 2.64. The molecule has 12 heteroatoms. The number of nitrogens with zero attached hydrogens (tertiary/aromatic N) is 6. The van der Waals surface area contributed by atoms with E-state index in [-0.39, 0.29) is 34.6 Å². The Kier molecular flexibility index (Phi) is 6.37. The van der Waals surface area contributed by atoms with Gasteiger partial charge in [0.1, 0.15) is 11.0 Å². The number of nitrogens with two attached hydrogens (primary N) is 1. The molecule has 0 aromatic carbocycles. The summed E-state index contributed by atoms with van der Waals surface area (Å²) >= 11 is 6.05. The molecule has 9 nitrogen and oxygen atoms in total. The van der Waals surface area contributed by atoms with Gasteiger partial charge in [-0.2, -0.15) is 0 Å². The molecule has 0 spiro atoms. The molecule has 0 fully saturated rings. The Morgan fingerprint density at radius 2 is 2.07 bits per heavy atom. The fraction of sp³-hybridized carbons (Fsp3) is 0.188. The molecule has 0 unspecified atom stereocenters. The van der Waals surface area contributed by atoms with Crippen molar-refractivity contribution in [2.45, 2.75) is 13.0 Å². The van der Waals surface area contributed by atoms with Crippen molar-refractivity contribution in [3.05, 3.63) is 47.1 Å². The summed E-state index contributed by atoms with van der Waals surface area (Å²) < 4.78 is 14.9. The first-order valence-electron chi connectivity index (χ1n) is 7.74. The second-order valence-corrected chi connectivity index (χ2v) is 6.08. The maximum absolute atomic E-state index is 13.6. The molecule has 0 radical (unpaired) electrons. The highest BCUT2D eigenvalue weighted by Gasteiger charge is 2.31. The molecule has 0 aliphatic heterocycles. The Labute approximate surface area is 170 Å². The standard InChI is InChI=1S/C16H15ClFN7O2.ClH/c1-8(11-5-9(18)6-21-14(11)17)25(16(26)27)15-13(22-23-24(15)2)12-4-3-10(19)7-20-12;/h3-8H,19H2,1-2H3,(H,26,27);1H/t8-;/m1./s1. The SMILES string of the molecule is C[C@H](c1cc(F)cnc1Cl)N(C(=O)O)c1c(-c2ccc(N)cn2)nnn1C.Cl. The summed E-state index contributed by atoms with van der Waals surface area (Å²) in [6.07, 6.45) is 1.08. The van der Waals surface area contributed by atoms with Crippen molar-refractivity contribution < 1.29 is 14.3 Å². The lowest BCUT2D eigenvalue weighted by Gasteiger charge is -2.27. The van der Waals surface area contributed by atoms with Crippen LogP contribution in [0, 0.1) is 5.82 Å². The molecular formula is C16H16Cl2FN7O2. The molecule has 1 amide bonds. The minimum Gasteiger partial charge on any atom is -0.465 e. The zero-order valence-corrected chi connectivity index (χ0v) is 16.3. The molecule has 28 heavy (non-hydrogen) atoms. The summed E-state index contributed by atoms with van der Waals surface area (Å²) in [6, 6.07) is 3.48. The van der Waals surface area contributed by atoms with Crippen molar-refractivity contribution in [3.8, 4) is 11.4 Å². The van der Waals surface area contributed by atoms with Gasteiger partial charge in [-0.05, 0) is 25.1 Å². The number of carboxylic acid groups (broad SMARTS) is 1. The van der Waals surface area contributed by atoms with Crippen LogP contribution in [0.1, 0.15) is 18.5 Å². The monoisotopic (exact) mass is 427 g/mol. The summed E-state index contributed by atoms with van der Waals surface area (Å²) in [5.41, 5.74) is 6.91. The summed E-state index contributed by atoms with van der Waals surface area (Å²) in [4.78, 5) is 21.0. The molecule has 3 rings (SSSR count). The van der Waals surface area contributed by atoms with E-state index in [0.29, 0.717) is 11.4 Å². The lowest BCUT2D eigenvalue weighted by molar-refractivity contribution is 0.199. The van der Waals surface area contributed by atoms with E-state index in [1.54, 1.807) is 19.1 Å². The lowest BCUT2D eigenvalue weighted by atomic mass is 10.1. The quantitative estimate of drug-likeness (QED) is 0.611. The average Bonchev–Trinajstić information content (AvgIpc) is 2.99. The van der Waals surface area contributed by atoms with Gasteiger partial charge >= 0.3 is 6.09 Å². The summed E-state index contributed by atoms with van der Waals surface area (Å²) in [5, 5.41) is 17.8. The number of anilines is 2. The van der Waals surface area contributed by atoms with Crippen LogP contribution in [0.25, 0.3) is 11.4 Å². The lowest BCUT2D eigenvalue weighted by Crippen LogP contribution is -2.34. The first-order valence-corrected chi connectivity index (χ1v) is 8.12. The van der Waals surface area contributed by atoms with E-state index in [9.17, 15) is 14.3 Å². The smallest absolute Gasteiger partial charge is 0.413 e. The minimum atomic E-state index is -1.30. The first kappa shape index (κ1) is 21.3. The number of aryl methyl sites for hydroxylation is 1. The van der Waals surface area contributed by atoms with Gasteiger partial charge < -0.3 is 10.8 Å². The van der Waals surface area contributed by atoms with Gasteiger partial charge in [0.25, 0.3) is 0 Å². The van der Waals surface area contributed by atoms with Gasteiger partial charge in [0.15, 0.2) is 11.5 Å². The number of halogens is 3. The number of amides is 1. The second kappa shape index (κ2) is 8.36. The van der Waals surface area contributed by atoms with E-state index in [1.807, 2.05) is 0 Å². The summed E-state index contributed by atoms with van der Waals surface area (Å²) in [6.45, 7) is 1.56. The van der Waals surface area contributed by atoms with Crippen LogP contribution in [0.4, 0.5) is 20.7 Å². The number of carbonyl (C=O) groups is 1. The number of hydrogen-bond acceptors (Lipinski definition) is 6. The Morgan fingerprint density at radius 1 is 1.36 bits per heavy atom. The molecule has 1 atom stereocenters. The van der Waals surface area contributed by atoms with Gasteiger partial charge in [0.2, 0.25) is 0 Å². The van der Waals surface area contributed by atoms with E-state index in [1.165, 1.54) is 17.9 Å². The fourth-order valence-corrected chi connectivity index (χ4v) is 2.90. The van der Waals surface area contributed by atoms with Crippen LogP contribution in [0.2, 0.25) is 5.15 Å². The third kappa shape index (κ3) is 3.97. The average molecular weight is 428 g/mol. The maximum atomic E-state index is 13.6. The molecular weight excluding hydrogens is 412 g/mol. The van der Waals surface area contributed by atoms with Crippen LogP contribution in [0.15, 0.2) is 30.6 Å². The zero-order chi connectivity index (χ0) is 19.7. The van der Waals surface area contributed by atoms with Crippen LogP contribution >= 0.6 is 24.0 Å². The predicted octanol–water partition coefficient (Wildman–Crippen LogP) is 3.31. The largest absolute Gasteiger partial charge is 0.465 e. The van der Waals surface area contributed by atoms with E-state index in [2.05, 4.69) is 20.3 Å². The summed E-state index contributed by atoms with van der Waals surface area (Å²) in [7, 11) is 1.54. The highest BCUT2D eigenvalue weighted by molar-refractivity contribution is 6.30. The Morgan fingerprint density at radius 3 is 2.68 bits per heavy atom. The summed E-state index contributed by atoms with van der Waals surface area (Å²) in [5.74, 6) is -0.484. The highest BCUT2D eigenvalue weighted by atomic mass is 35.5. The third-order valence-corrected chi connectivity index (χ3v) is 4.25. The Balaban J connectivity index is 0.00000280. The van der Waals surface area contributed by atoms with Gasteiger partial charge in [-0.3, -0.25) is 9.88 Å². The van der Waals surface area contributed by atoms with Crippen molar-refractivity contribution in [1.29, 1.82) is 0 Å². The molecule has 3 heterocycles. The van der Waals surface area contributed by atoms with Gasteiger partial charge in [-0.15, -0.1) is 17.5 Å². The number of nitrogen functional groups attached to an aromatic ring is 1.